The molecule has 0 saturated heterocycles. The van der Waals surface area contributed by atoms with Crippen LogP contribution in [0.15, 0.2) is 45.5 Å². The first-order valence-corrected chi connectivity index (χ1v) is 8.17. The number of azo groups is 1. The van der Waals surface area contributed by atoms with Crippen LogP contribution in [0.5, 0.6) is 11.5 Å². The van der Waals surface area contributed by atoms with Gasteiger partial charge in [-0.1, -0.05) is 0 Å². The third-order valence-corrected chi connectivity index (χ3v) is 4.10. The summed E-state index contributed by atoms with van der Waals surface area (Å²) < 4.78 is 43.8. The number of benzene rings is 2. The minimum absolute atomic E-state index is 0. The van der Waals surface area contributed by atoms with Gasteiger partial charge in [0.15, 0.2) is 0 Å². The minimum atomic E-state index is -4.69. The number of nitrogens with zero attached hydrogens (tertiary/aromatic N) is 2. The summed E-state index contributed by atoms with van der Waals surface area (Å²) in [7, 11) is -1.91. The Kier molecular flexibility index (Phi) is 7.39. The molecular formula is C15H16N3NaO5S. The van der Waals surface area contributed by atoms with E-state index >= 15 is 0 Å². The molecule has 2 aromatic rings. The molecule has 0 saturated carbocycles. The zero-order chi connectivity index (χ0) is 17.9. The first kappa shape index (κ1) is 21.4. The Morgan fingerprint density at radius 2 is 1.68 bits per heavy atom. The zero-order valence-corrected chi connectivity index (χ0v) is 17.1. The van der Waals surface area contributed by atoms with Crippen molar-refractivity contribution in [2.75, 3.05) is 20.0 Å². The van der Waals surface area contributed by atoms with E-state index in [4.69, 9.17) is 15.2 Å². The van der Waals surface area contributed by atoms with Gasteiger partial charge in [0.2, 0.25) is 0 Å². The van der Waals surface area contributed by atoms with E-state index in [9.17, 15) is 13.0 Å². The zero-order valence-electron chi connectivity index (χ0n) is 14.3. The Hall–Kier alpha value is -1.65. The van der Waals surface area contributed by atoms with Crippen molar-refractivity contribution in [3.05, 3.63) is 35.9 Å². The molecule has 0 heterocycles. The third-order valence-electron chi connectivity index (χ3n) is 3.24. The Balaban J connectivity index is 0.00000312. The molecule has 0 bridgehead atoms. The summed E-state index contributed by atoms with van der Waals surface area (Å²) in [6.45, 7) is 1.80. The fourth-order valence-electron chi connectivity index (χ4n) is 2.01. The number of aryl methyl sites for hydroxylation is 1. The number of nitrogens with two attached hydrogens (primary N) is 1. The molecule has 0 aromatic heterocycles. The van der Waals surface area contributed by atoms with Crippen molar-refractivity contribution >= 4 is 27.2 Å². The molecule has 0 atom stereocenters. The van der Waals surface area contributed by atoms with Crippen molar-refractivity contribution in [3.63, 3.8) is 0 Å². The number of nitrogen functional groups attached to an aromatic ring is 1. The Bertz CT molecular complexity index is 900. The van der Waals surface area contributed by atoms with E-state index in [1.807, 2.05) is 0 Å². The summed E-state index contributed by atoms with van der Waals surface area (Å²) in [6.07, 6.45) is 0. The van der Waals surface area contributed by atoms with E-state index in [0.29, 0.717) is 17.1 Å². The summed E-state index contributed by atoms with van der Waals surface area (Å²) in [6, 6.07) is 7.23. The second kappa shape index (κ2) is 8.63. The molecule has 2 rings (SSSR count). The van der Waals surface area contributed by atoms with Gasteiger partial charge in [0.1, 0.15) is 21.6 Å². The van der Waals surface area contributed by atoms with E-state index in [2.05, 4.69) is 10.2 Å². The minimum Gasteiger partial charge on any atom is -0.744 e. The smallest absolute Gasteiger partial charge is 0.744 e. The van der Waals surface area contributed by atoms with Gasteiger partial charge in [-0.2, -0.15) is 10.2 Å². The second-order valence-corrected chi connectivity index (χ2v) is 6.22. The van der Waals surface area contributed by atoms with Crippen LogP contribution in [-0.4, -0.2) is 27.2 Å². The van der Waals surface area contributed by atoms with E-state index in [1.54, 1.807) is 19.1 Å². The molecule has 0 fully saturated rings. The van der Waals surface area contributed by atoms with Crippen LogP contribution in [0.25, 0.3) is 0 Å². The van der Waals surface area contributed by atoms with Crippen molar-refractivity contribution in [2.24, 2.45) is 10.2 Å². The number of ether oxygens (including phenoxy) is 2. The number of anilines is 1. The summed E-state index contributed by atoms with van der Waals surface area (Å²) in [5.74, 6) is 0.476. The largest absolute Gasteiger partial charge is 1.00 e. The van der Waals surface area contributed by atoms with Gasteiger partial charge >= 0.3 is 29.6 Å². The van der Waals surface area contributed by atoms with Crippen LogP contribution in [0.2, 0.25) is 0 Å². The normalized spacial score (nSPS) is 11.2. The van der Waals surface area contributed by atoms with Crippen LogP contribution >= 0.6 is 0 Å². The Labute approximate surface area is 168 Å². The molecule has 0 aliphatic rings. The standard InChI is InChI=1S/C15H17N3O5S.Na/c1-9-6-14(23-3)11(16)8-12(9)18-17-10-4-5-13(22-2)15(7-10)24(19,20)21;/h4-8H,16H2,1-3H3,(H,19,20,21);/q;+1/p-1. The average molecular weight is 373 g/mol. The van der Waals surface area contributed by atoms with Crippen molar-refractivity contribution in [1.29, 1.82) is 0 Å². The first-order chi connectivity index (χ1) is 11.3. The van der Waals surface area contributed by atoms with E-state index in [0.717, 1.165) is 11.6 Å². The molecule has 0 spiro atoms. The van der Waals surface area contributed by atoms with E-state index in [1.165, 1.54) is 26.4 Å². The topological polar surface area (TPSA) is 126 Å². The molecule has 0 unspecified atom stereocenters. The Morgan fingerprint density at radius 1 is 1.04 bits per heavy atom. The van der Waals surface area contributed by atoms with Gasteiger partial charge in [0, 0.05) is 0 Å². The second-order valence-electron chi connectivity index (χ2n) is 4.87. The first-order valence-electron chi connectivity index (χ1n) is 6.76. The number of methoxy groups -OCH3 is 2. The molecule has 8 nitrogen and oxygen atoms in total. The summed E-state index contributed by atoms with van der Waals surface area (Å²) >= 11 is 0. The summed E-state index contributed by atoms with van der Waals surface area (Å²) in [5.41, 5.74) is 7.69. The molecule has 0 amide bonds. The van der Waals surface area contributed by atoms with Gasteiger partial charge in [-0.05, 0) is 42.8 Å². The van der Waals surface area contributed by atoms with Crippen LogP contribution in [0, 0.1) is 6.92 Å². The molecule has 0 radical (unpaired) electrons. The van der Waals surface area contributed by atoms with Gasteiger partial charge in [-0.25, -0.2) is 8.42 Å². The molecule has 10 heteroatoms. The Morgan fingerprint density at radius 3 is 2.24 bits per heavy atom. The maximum atomic E-state index is 11.3. The van der Waals surface area contributed by atoms with Crippen LogP contribution in [0.3, 0.4) is 0 Å². The van der Waals surface area contributed by atoms with Gasteiger partial charge in [-0.15, -0.1) is 0 Å². The number of hydrogen-bond donors (Lipinski definition) is 1. The van der Waals surface area contributed by atoms with E-state index < -0.39 is 15.0 Å². The van der Waals surface area contributed by atoms with Crippen molar-refractivity contribution in [3.8, 4) is 11.5 Å². The number of hydrogen-bond acceptors (Lipinski definition) is 8. The monoisotopic (exact) mass is 373 g/mol. The SMILES string of the molecule is COc1cc(C)c(N=Nc2ccc(OC)c(S(=O)(=O)[O-])c2)cc1N.[Na+]. The number of rotatable bonds is 5. The van der Waals surface area contributed by atoms with Crippen LogP contribution < -0.4 is 44.8 Å². The van der Waals surface area contributed by atoms with Crippen LogP contribution in [-0.2, 0) is 10.1 Å². The molecular weight excluding hydrogens is 357 g/mol. The van der Waals surface area contributed by atoms with Gasteiger partial charge in [0.05, 0.1) is 36.2 Å². The molecule has 2 N–H and O–H groups in total. The average Bonchev–Trinajstić information content (AvgIpc) is 2.54. The predicted octanol–water partition coefficient (Wildman–Crippen LogP) is -0.0821. The van der Waals surface area contributed by atoms with Crippen molar-refractivity contribution < 1.29 is 52.0 Å². The van der Waals surface area contributed by atoms with Gasteiger partial charge in [-0.3, -0.25) is 0 Å². The molecule has 128 valence electrons. The molecule has 25 heavy (non-hydrogen) atoms. The predicted molar refractivity (Wildman–Crippen MR) is 87.3 cm³/mol. The quantitative estimate of drug-likeness (QED) is 0.338. The maximum absolute atomic E-state index is 11.3. The van der Waals surface area contributed by atoms with E-state index in [-0.39, 0.29) is 41.0 Å². The molecule has 0 aliphatic heterocycles. The van der Waals surface area contributed by atoms with Gasteiger partial charge in [0.25, 0.3) is 0 Å². The summed E-state index contributed by atoms with van der Waals surface area (Å²) in [5, 5.41) is 8.00. The maximum Gasteiger partial charge on any atom is 1.00 e. The molecule has 0 aliphatic carbocycles. The van der Waals surface area contributed by atoms with Crippen molar-refractivity contribution in [1.82, 2.24) is 0 Å². The van der Waals surface area contributed by atoms with Crippen molar-refractivity contribution in [2.45, 2.75) is 11.8 Å². The van der Waals surface area contributed by atoms with Crippen LogP contribution in [0.1, 0.15) is 5.56 Å². The fraction of sp³-hybridized carbons (Fsp3) is 0.200. The molecule has 2 aromatic carbocycles. The van der Waals surface area contributed by atoms with Crippen LogP contribution in [0.4, 0.5) is 17.1 Å². The van der Waals surface area contributed by atoms with Gasteiger partial charge < -0.3 is 19.8 Å². The summed E-state index contributed by atoms with van der Waals surface area (Å²) in [4.78, 5) is -0.493. The third kappa shape index (κ3) is 5.16. The fourth-order valence-corrected chi connectivity index (χ4v) is 2.67.